The third kappa shape index (κ3) is 1.35. The summed E-state index contributed by atoms with van der Waals surface area (Å²) >= 11 is 7.50. The van der Waals surface area contributed by atoms with E-state index in [2.05, 4.69) is 15.3 Å². The van der Waals surface area contributed by atoms with Crippen molar-refractivity contribution in [1.82, 2.24) is 19.8 Å². The van der Waals surface area contributed by atoms with Crippen molar-refractivity contribution in [2.75, 3.05) is 5.73 Å². The molecule has 0 aliphatic carbocycles. The van der Waals surface area contributed by atoms with Gasteiger partial charge in [0.25, 0.3) is 0 Å². The fraction of sp³-hybridized carbons (Fsp3) is 0. The molecule has 0 bridgehead atoms. The van der Waals surface area contributed by atoms with Gasteiger partial charge in [0.05, 0.1) is 10.6 Å². The van der Waals surface area contributed by atoms with Crippen molar-refractivity contribution in [2.24, 2.45) is 0 Å². The van der Waals surface area contributed by atoms with Gasteiger partial charge in [-0.15, -0.1) is 10.2 Å². The average Bonchev–Trinajstić information content (AvgIpc) is 2.77. The van der Waals surface area contributed by atoms with Gasteiger partial charge in [-0.25, -0.2) is 0 Å². The summed E-state index contributed by atoms with van der Waals surface area (Å²) in [6.07, 6.45) is 1.54. The molecular weight excluding hydrogens is 246 g/mol. The Kier molecular flexibility index (Phi) is 2.05. The van der Waals surface area contributed by atoms with E-state index in [1.807, 2.05) is 0 Å². The molecule has 1 aromatic carbocycles. The number of hydrogen-bond acceptors (Lipinski definition) is 5. The second-order valence-corrected chi connectivity index (χ2v) is 4.53. The van der Waals surface area contributed by atoms with E-state index >= 15 is 0 Å². The third-order valence-corrected chi connectivity index (χ3v) is 3.39. The molecule has 2 heterocycles. The molecule has 80 valence electrons. The highest BCUT2D eigenvalue weighted by Gasteiger charge is 2.13. The number of nitrogens with zero attached hydrogens (tertiary/aromatic N) is 4. The van der Waals surface area contributed by atoms with E-state index in [1.165, 1.54) is 11.3 Å². The molecule has 0 saturated heterocycles. The van der Waals surface area contributed by atoms with Crippen LogP contribution in [0.15, 0.2) is 24.5 Å². The highest BCUT2D eigenvalue weighted by Crippen LogP contribution is 2.35. The van der Waals surface area contributed by atoms with E-state index in [-0.39, 0.29) is 0 Å². The Balaban J connectivity index is 2.26. The van der Waals surface area contributed by atoms with Crippen molar-refractivity contribution >= 4 is 33.6 Å². The van der Waals surface area contributed by atoms with Crippen LogP contribution in [-0.2, 0) is 0 Å². The van der Waals surface area contributed by atoms with Crippen LogP contribution < -0.4 is 5.73 Å². The van der Waals surface area contributed by atoms with Gasteiger partial charge in [0.2, 0.25) is 4.96 Å². The fourth-order valence-electron chi connectivity index (χ4n) is 1.43. The summed E-state index contributed by atoms with van der Waals surface area (Å²) in [4.78, 5) is 0.717. The SMILES string of the molecule is Nc1cccc(Cl)c1-c1nn2cnnc2s1. The molecule has 7 heteroatoms. The number of rotatable bonds is 1. The Morgan fingerprint density at radius 3 is 3.00 bits per heavy atom. The summed E-state index contributed by atoms with van der Waals surface area (Å²) < 4.78 is 1.60. The fourth-order valence-corrected chi connectivity index (χ4v) is 2.66. The zero-order chi connectivity index (χ0) is 11.1. The molecule has 3 aromatic rings. The molecule has 0 aliphatic rings. The first-order valence-electron chi connectivity index (χ1n) is 4.47. The quantitative estimate of drug-likeness (QED) is 0.673. The maximum atomic E-state index is 6.10. The van der Waals surface area contributed by atoms with Crippen LogP contribution in [0.1, 0.15) is 0 Å². The van der Waals surface area contributed by atoms with Crippen LogP contribution in [0, 0.1) is 0 Å². The predicted molar refractivity (Wildman–Crippen MR) is 63.5 cm³/mol. The molecule has 0 fully saturated rings. The van der Waals surface area contributed by atoms with E-state index in [9.17, 15) is 0 Å². The maximum Gasteiger partial charge on any atom is 0.234 e. The van der Waals surface area contributed by atoms with Crippen molar-refractivity contribution in [3.05, 3.63) is 29.5 Å². The molecule has 0 atom stereocenters. The van der Waals surface area contributed by atoms with Crippen molar-refractivity contribution in [3.8, 4) is 10.6 Å². The summed E-state index contributed by atoms with van der Waals surface area (Å²) in [5, 5.41) is 13.3. The highest BCUT2D eigenvalue weighted by atomic mass is 35.5. The zero-order valence-corrected chi connectivity index (χ0v) is 9.53. The Hall–Kier alpha value is -1.66. The topological polar surface area (TPSA) is 69.1 Å². The van der Waals surface area contributed by atoms with E-state index in [0.29, 0.717) is 15.7 Å². The maximum absolute atomic E-state index is 6.10. The molecule has 5 nitrogen and oxygen atoms in total. The summed E-state index contributed by atoms with van der Waals surface area (Å²) in [6.45, 7) is 0. The molecule has 16 heavy (non-hydrogen) atoms. The van der Waals surface area contributed by atoms with Gasteiger partial charge in [-0.2, -0.15) is 9.61 Å². The lowest BCUT2D eigenvalue weighted by Gasteiger charge is -2.02. The van der Waals surface area contributed by atoms with Crippen LogP contribution in [-0.4, -0.2) is 19.8 Å². The molecule has 2 N–H and O–H groups in total. The first kappa shape index (κ1) is 9.56. The van der Waals surface area contributed by atoms with Crippen LogP contribution in [0.5, 0.6) is 0 Å². The summed E-state index contributed by atoms with van der Waals surface area (Å²) in [5.41, 5.74) is 7.24. The zero-order valence-electron chi connectivity index (χ0n) is 7.96. The second-order valence-electron chi connectivity index (χ2n) is 3.17. The number of benzene rings is 1. The Bertz CT molecular complexity index is 610. The number of nitrogen functional groups attached to an aromatic ring is 1. The molecule has 0 radical (unpaired) electrons. The Morgan fingerprint density at radius 1 is 1.38 bits per heavy atom. The van der Waals surface area contributed by atoms with E-state index in [0.717, 1.165) is 10.6 Å². The molecule has 0 spiro atoms. The largest absolute Gasteiger partial charge is 0.398 e. The summed E-state index contributed by atoms with van der Waals surface area (Å²) in [5.74, 6) is 0. The minimum Gasteiger partial charge on any atom is -0.398 e. The van der Waals surface area contributed by atoms with Crippen LogP contribution in [0.3, 0.4) is 0 Å². The summed E-state index contributed by atoms with van der Waals surface area (Å²) in [6, 6.07) is 5.39. The molecule has 3 rings (SSSR count). The van der Waals surface area contributed by atoms with Crippen LogP contribution in [0.2, 0.25) is 5.02 Å². The molecule has 0 saturated carbocycles. The van der Waals surface area contributed by atoms with Gasteiger partial charge in [-0.1, -0.05) is 29.0 Å². The van der Waals surface area contributed by atoms with Gasteiger partial charge in [0.15, 0.2) is 5.01 Å². The van der Waals surface area contributed by atoms with Gasteiger partial charge in [-0.05, 0) is 12.1 Å². The van der Waals surface area contributed by atoms with Crippen molar-refractivity contribution in [3.63, 3.8) is 0 Å². The van der Waals surface area contributed by atoms with Crippen LogP contribution in [0.25, 0.3) is 15.5 Å². The van der Waals surface area contributed by atoms with Crippen LogP contribution in [0.4, 0.5) is 5.69 Å². The number of aromatic nitrogens is 4. The lowest BCUT2D eigenvalue weighted by Crippen LogP contribution is -1.91. The lowest BCUT2D eigenvalue weighted by molar-refractivity contribution is 0.960. The number of hydrogen-bond donors (Lipinski definition) is 1. The number of halogens is 1. The minimum absolute atomic E-state index is 0.588. The van der Waals surface area contributed by atoms with Crippen molar-refractivity contribution < 1.29 is 0 Å². The van der Waals surface area contributed by atoms with E-state index in [4.69, 9.17) is 17.3 Å². The average molecular weight is 252 g/mol. The second kappa shape index (κ2) is 3.43. The third-order valence-electron chi connectivity index (χ3n) is 2.15. The Morgan fingerprint density at radius 2 is 2.25 bits per heavy atom. The van der Waals surface area contributed by atoms with Gasteiger partial charge in [0, 0.05) is 5.69 Å². The smallest absolute Gasteiger partial charge is 0.234 e. The minimum atomic E-state index is 0.588. The van der Waals surface area contributed by atoms with Crippen molar-refractivity contribution in [2.45, 2.75) is 0 Å². The summed E-state index contributed by atoms with van der Waals surface area (Å²) in [7, 11) is 0. The first-order chi connectivity index (χ1) is 7.75. The lowest BCUT2D eigenvalue weighted by atomic mass is 10.2. The molecular formula is C9H6ClN5S. The van der Waals surface area contributed by atoms with E-state index < -0.39 is 0 Å². The standard InChI is InChI=1S/C9H6ClN5S/c10-5-2-1-3-6(11)7(5)8-14-15-4-12-13-9(15)16-8/h1-4H,11H2. The number of anilines is 1. The van der Waals surface area contributed by atoms with E-state index in [1.54, 1.807) is 29.0 Å². The normalized spacial score (nSPS) is 11.1. The van der Waals surface area contributed by atoms with Gasteiger partial charge >= 0.3 is 0 Å². The van der Waals surface area contributed by atoms with Crippen molar-refractivity contribution in [1.29, 1.82) is 0 Å². The van der Waals surface area contributed by atoms with Crippen LogP contribution >= 0.6 is 22.9 Å². The highest BCUT2D eigenvalue weighted by molar-refractivity contribution is 7.20. The molecule has 0 amide bonds. The predicted octanol–water partition coefficient (Wildman–Crippen LogP) is 2.09. The van der Waals surface area contributed by atoms with Gasteiger partial charge in [0.1, 0.15) is 6.33 Å². The molecule has 2 aromatic heterocycles. The monoisotopic (exact) mass is 251 g/mol. The van der Waals surface area contributed by atoms with Gasteiger partial charge < -0.3 is 5.73 Å². The number of fused-ring (bicyclic) bond motifs is 1. The Labute approximate surface area is 99.5 Å². The first-order valence-corrected chi connectivity index (χ1v) is 5.66. The number of nitrogens with two attached hydrogens (primary N) is 1. The molecule has 0 aliphatic heterocycles. The molecule has 0 unspecified atom stereocenters. The van der Waals surface area contributed by atoms with Gasteiger partial charge in [-0.3, -0.25) is 0 Å².